The SMILES string of the molecule is COc1ccc(NC(N)=NCCCOCC(F)(F)F)cc1OC.I. The van der Waals surface area contributed by atoms with Gasteiger partial charge in [-0.25, -0.2) is 0 Å². The monoisotopic (exact) mass is 463 g/mol. The molecule has 10 heteroatoms. The lowest BCUT2D eigenvalue weighted by Crippen LogP contribution is -2.23. The van der Waals surface area contributed by atoms with Gasteiger partial charge in [-0.15, -0.1) is 24.0 Å². The van der Waals surface area contributed by atoms with E-state index in [9.17, 15) is 13.2 Å². The van der Waals surface area contributed by atoms with Gasteiger partial charge in [0.25, 0.3) is 0 Å². The highest BCUT2D eigenvalue weighted by Gasteiger charge is 2.27. The van der Waals surface area contributed by atoms with Gasteiger partial charge in [0.05, 0.1) is 14.2 Å². The number of ether oxygens (including phenoxy) is 3. The van der Waals surface area contributed by atoms with Crippen molar-refractivity contribution in [1.82, 2.24) is 0 Å². The van der Waals surface area contributed by atoms with Gasteiger partial charge in [-0.2, -0.15) is 13.2 Å². The summed E-state index contributed by atoms with van der Waals surface area (Å²) in [4.78, 5) is 4.00. The van der Waals surface area contributed by atoms with Gasteiger partial charge < -0.3 is 25.3 Å². The third-order valence-corrected chi connectivity index (χ3v) is 2.65. The molecule has 0 saturated heterocycles. The van der Waals surface area contributed by atoms with Crippen LogP contribution in [0, 0.1) is 0 Å². The highest BCUT2D eigenvalue weighted by atomic mass is 127. The fraction of sp³-hybridized carbons (Fsp3) is 0.500. The minimum absolute atomic E-state index is 0. The Morgan fingerprint density at radius 3 is 2.46 bits per heavy atom. The van der Waals surface area contributed by atoms with E-state index < -0.39 is 12.8 Å². The van der Waals surface area contributed by atoms with Gasteiger partial charge in [0.2, 0.25) is 0 Å². The summed E-state index contributed by atoms with van der Waals surface area (Å²) in [6.07, 6.45) is -3.97. The summed E-state index contributed by atoms with van der Waals surface area (Å²) >= 11 is 0. The van der Waals surface area contributed by atoms with Gasteiger partial charge in [-0.05, 0) is 18.6 Å². The molecule has 0 fully saturated rings. The Bertz CT molecular complexity index is 528. The van der Waals surface area contributed by atoms with Crippen molar-refractivity contribution >= 4 is 35.6 Å². The molecule has 0 radical (unpaired) electrons. The quantitative estimate of drug-likeness (QED) is 0.268. The third kappa shape index (κ3) is 9.01. The second-order valence-corrected chi connectivity index (χ2v) is 4.48. The zero-order valence-corrected chi connectivity index (χ0v) is 15.7. The molecular formula is C14H21F3IN3O3. The number of anilines is 1. The van der Waals surface area contributed by atoms with E-state index in [1.165, 1.54) is 14.2 Å². The molecule has 0 aliphatic carbocycles. The van der Waals surface area contributed by atoms with Crippen LogP contribution in [0.25, 0.3) is 0 Å². The smallest absolute Gasteiger partial charge is 0.411 e. The average molecular weight is 463 g/mol. The third-order valence-electron chi connectivity index (χ3n) is 2.65. The molecule has 1 aromatic carbocycles. The van der Waals surface area contributed by atoms with Crippen LogP contribution in [0.1, 0.15) is 6.42 Å². The van der Waals surface area contributed by atoms with Crippen LogP contribution < -0.4 is 20.5 Å². The van der Waals surface area contributed by atoms with E-state index in [1.54, 1.807) is 18.2 Å². The van der Waals surface area contributed by atoms with Crippen LogP contribution in [0.3, 0.4) is 0 Å². The summed E-state index contributed by atoms with van der Waals surface area (Å²) in [6, 6.07) is 5.13. The molecule has 0 heterocycles. The van der Waals surface area contributed by atoms with Crippen molar-refractivity contribution in [2.45, 2.75) is 12.6 Å². The molecule has 0 spiro atoms. The number of alkyl halides is 3. The minimum atomic E-state index is -4.31. The molecule has 24 heavy (non-hydrogen) atoms. The summed E-state index contributed by atoms with van der Waals surface area (Å²) < 4.78 is 50.3. The molecular weight excluding hydrogens is 442 g/mol. The number of guanidine groups is 1. The van der Waals surface area contributed by atoms with E-state index >= 15 is 0 Å². The van der Waals surface area contributed by atoms with Crippen LogP contribution in [0.4, 0.5) is 18.9 Å². The fourth-order valence-corrected chi connectivity index (χ4v) is 1.66. The van der Waals surface area contributed by atoms with Crippen LogP contribution in [0.15, 0.2) is 23.2 Å². The Morgan fingerprint density at radius 1 is 1.21 bits per heavy atom. The van der Waals surface area contributed by atoms with Crippen LogP contribution in [0.5, 0.6) is 11.5 Å². The zero-order valence-electron chi connectivity index (χ0n) is 13.4. The molecule has 0 unspecified atom stereocenters. The molecule has 0 aliphatic heterocycles. The molecule has 1 rings (SSSR count). The van der Waals surface area contributed by atoms with Crippen molar-refractivity contribution in [2.75, 3.05) is 39.3 Å². The van der Waals surface area contributed by atoms with E-state index in [1.807, 2.05) is 0 Å². The molecule has 0 amide bonds. The molecule has 6 nitrogen and oxygen atoms in total. The van der Waals surface area contributed by atoms with Crippen LogP contribution in [-0.2, 0) is 4.74 Å². The maximum Gasteiger partial charge on any atom is 0.411 e. The lowest BCUT2D eigenvalue weighted by Gasteiger charge is -2.11. The number of rotatable bonds is 8. The first-order chi connectivity index (χ1) is 10.9. The van der Waals surface area contributed by atoms with Gasteiger partial charge in [0.15, 0.2) is 17.5 Å². The Balaban J connectivity index is 0.00000529. The Kier molecular flexibility index (Phi) is 10.5. The van der Waals surface area contributed by atoms with E-state index in [4.69, 9.17) is 15.2 Å². The van der Waals surface area contributed by atoms with E-state index in [-0.39, 0.29) is 43.1 Å². The Hall–Kier alpha value is -1.43. The molecule has 0 saturated carbocycles. The Labute approximate surface area is 155 Å². The lowest BCUT2D eigenvalue weighted by atomic mass is 10.3. The second-order valence-electron chi connectivity index (χ2n) is 4.48. The largest absolute Gasteiger partial charge is 0.493 e. The fourth-order valence-electron chi connectivity index (χ4n) is 1.66. The van der Waals surface area contributed by atoms with Gasteiger partial charge in [-0.1, -0.05) is 0 Å². The summed E-state index contributed by atoms with van der Waals surface area (Å²) in [5, 5.41) is 2.85. The van der Waals surface area contributed by atoms with Crippen LogP contribution in [0.2, 0.25) is 0 Å². The van der Waals surface area contributed by atoms with Crippen LogP contribution in [-0.4, -0.2) is 46.1 Å². The molecule has 3 N–H and O–H groups in total. The molecule has 1 aromatic rings. The van der Waals surface area contributed by atoms with Gasteiger partial charge in [-0.3, -0.25) is 4.99 Å². The predicted molar refractivity (Wildman–Crippen MR) is 96.6 cm³/mol. The molecule has 138 valence electrons. The number of nitrogens with zero attached hydrogens (tertiary/aromatic N) is 1. The van der Waals surface area contributed by atoms with Gasteiger partial charge in [0, 0.05) is 24.9 Å². The topological polar surface area (TPSA) is 78.1 Å². The minimum Gasteiger partial charge on any atom is -0.493 e. The normalized spacial score (nSPS) is 11.6. The number of benzene rings is 1. The first-order valence-corrected chi connectivity index (χ1v) is 6.79. The van der Waals surface area contributed by atoms with Crippen molar-refractivity contribution in [3.63, 3.8) is 0 Å². The maximum absolute atomic E-state index is 11.8. The van der Waals surface area contributed by atoms with Crippen molar-refractivity contribution < 1.29 is 27.4 Å². The van der Waals surface area contributed by atoms with Crippen LogP contribution >= 0.6 is 24.0 Å². The number of hydrogen-bond acceptors (Lipinski definition) is 4. The summed E-state index contributed by atoms with van der Waals surface area (Å²) in [5.41, 5.74) is 6.35. The number of halogens is 4. The molecule has 0 aliphatic rings. The van der Waals surface area contributed by atoms with Crippen molar-refractivity contribution in [1.29, 1.82) is 0 Å². The van der Waals surface area contributed by atoms with Crippen molar-refractivity contribution in [2.24, 2.45) is 10.7 Å². The lowest BCUT2D eigenvalue weighted by molar-refractivity contribution is -0.173. The second kappa shape index (κ2) is 11.2. The standard InChI is InChI=1S/C14H20F3N3O3.HI/c1-21-11-5-4-10(8-12(11)22-2)20-13(18)19-6-3-7-23-9-14(15,16)17;/h4-5,8H,3,6-7,9H2,1-2H3,(H3,18,19,20);1H. The molecule has 0 aromatic heterocycles. The van der Waals surface area contributed by atoms with Crippen molar-refractivity contribution in [3.05, 3.63) is 18.2 Å². The molecule has 0 bridgehead atoms. The van der Waals surface area contributed by atoms with Crippen molar-refractivity contribution in [3.8, 4) is 11.5 Å². The number of methoxy groups -OCH3 is 2. The average Bonchev–Trinajstić information content (AvgIpc) is 2.49. The molecule has 0 atom stereocenters. The van der Waals surface area contributed by atoms with E-state index in [0.717, 1.165) is 0 Å². The highest BCUT2D eigenvalue weighted by Crippen LogP contribution is 2.29. The summed E-state index contributed by atoms with van der Waals surface area (Å²) in [6.45, 7) is -1.04. The van der Waals surface area contributed by atoms with E-state index in [0.29, 0.717) is 23.6 Å². The first kappa shape index (κ1) is 22.6. The number of nitrogens with two attached hydrogens (primary N) is 1. The summed E-state index contributed by atoms with van der Waals surface area (Å²) in [7, 11) is 3.04. The van der Waals surface area contributed by atoms with Gasteiger partial charge >= 0.3 is 6.18 Å². The number of hydrogen-bond donors (Lipinski definition) is 2. The van der Waals surface area contributed by atoms with Gasteiger partial charge in [0.1, 0.15) is 6.61 Å². The first-order valence-electron chi connectivity index (χ1n) is 6.79. The van der Waals surface area contributed by atoms with E-state index in [2.05, 4.69) is 15.0 Å². The number of nitrogens with one attached hydrogen (secondary N) is 1. The zero-order chi connectivity index (χ0) is 17.3. The number of aliphatic imine (C=N–C) groups is 1. The Morgan fingerprint density at radius 2 is 1.88 bits per heavy atom. The predicted octanol–water partition coefficient (Wildman–Crippen LogP) is 3.02. The summed E-state index contributed by atoms with van der Waals surface area (Å²) in [5.74, 6) is 1.26. The highest BCUT2D eigenvalue weighted by molar-refractivity contribution is 14.0. The maximum atomic E-state index is 11.8.